The molecular formula is C68H94Cl4N2O5. The maximum atomic E-state index is 10.3. The first kappa shape index (κ1) is 63.7. The molecule has 4 aromatic carbocycles. The van der Waals surface area contributed by atoms with Gasteiger partial charge in [0, 0.05) is 51.1 Å². The van der Waals surface area contributed by atoms with Gasteiger partial charge in [0.05, 0.1) is 44.5 Å². The van der Waals surface area contributed by atoms with Crippen molar-refractivity contribution in [3.63, 3.8) is 0 Å². The van der Waals surface area contributed by atoms with Gasteiger partial charge in [-0.2, -0.15) is 0 Å². The molecule has 0 radical (unpaired) electrons. The van der Waals surface area contributed by atoms with Crippen LogP contribution in [-0.4, -0.2) is 90.0 Å². The number of hydrogen-bond donors (Lipinski definition) is 2. The Bertz CT molecular complexity index is 2430. The molecule has 2 N–H and O–H groups in total. The average Bonchev–Trinajstić information content (AvgIpc) is 2.83. The fraction of sp³-hybridized carbons (Fsp3) is 0.588. The highest BCUT2D eigenvalue weighted by Crippen LogP contribution is 2.63. The molecule has 2 saturated carbocycles. The molecule has 11 heteroatoms. The highest BCUT2D eigenvalue weighted by atomic mass is 35.5. The van der Waals surface area contributed by atoms with Crippen molar-refractivity contribution < 1.29 is 24.4 Å². The Labute approximate surface area is 496 Å². The van der Waals surface area contributed by atoms with Crippen molar-refractivity contribution in [1.29, 1.82) is 0 Å². The molecule has 0 spiro atoms. The lowest BCUT2D eigenvalue weighted by atomic mass is 9.58. The van der Waals surface area contributed by atoms with Gasteiger partial charge in [-0.3, -0.25) is 9.80 Å². The van der Waals surface area contributed by atoms with Gasteiger partial charge in [-0.1, -0.05) is 210 Å². The molecule has 5 atom stereocenters. The maximum absolute atomic E-state index is 10.3. The van der Waals surface area contributed by atoms with Gasteiger partial charge in [0.15, 0.2) is 6.29 Å². The summed E-state index contributed by atoms with van der Waals surface area (Å²) in [4.78, 5) is 5.04. The quantitative estimate of drug-likeness (QED) is 0.0535. The zero-order valence-electron chi connectivity index (χ0n) is 48.4. The molecule has 1 heterocycles. The molecule has 5 aliphatic rings. The number of halogens is 4. The zero-order valence-corrected chi connectivity index (χ0v) is 51.5. The van der Waals surface area contributed by atoms with E-state index in [-0.39, 0.29) is 42.5 Å². The molecule has 5 unspecified atom stereocenters. The van der Waals surface area contributed by atoms with E-state index in [0.29, 0.717) is 20.1 Å². The van der Waals surface area contributed by atoms with Crippen LogP contribution >= 0.6 is 46.4 Å². The number of fused-ring (bicyclic) bond motifs is 4. The summed E-state index contributed by atoms with van der Waals surface area (Å²) in [6, 6.07) is 29.6. The van der Waals surface area contributed by atoms with Crippen LogP contribution in [0.4, 0.5) is 0 Å². The number of aliphatic hydroxyl groups excluding tert-OH is 2. The summed E-state index contributed by atoms with van der Waals surface area (Å²) in [5, 5.41) is 22.8. The third kappa shape index (κ3) is 18.8. The normalized spacial score (nSPS) is 22.7. The molecule has 0 bridgehead atoms. The zero-order chi connectivity index (χ0) is 56.1. The van der Waals surface area contributed by atoms with E-state index in [1.807, 2.05) is 19.9 Å². The van der Waals surface area contributed by atoms with Crippen LogP contribution in [-0.2, 0) is 16.0 Å². The minimum absolute atomic E-state index is 0.0646. The number of ether oxygens (including phenoxy) is 3. The Balaban J connectivity index is 0.000000175. The predicted octanol–water partition coefficient (Wildman–Crippen LogP) is 18.4. The Morgan fingerprint density at radius 2 is 1.04 bits per heavy atom. The summed E-state index contributed by atoms with van der Waals surface area (Å²) in [6.45, 7) is 17.7. The maximum Gasteiger partial charge on any atom is 0.158 e. The lowest BCUT2D eigenvalue weighted by Crippen LogP contribution is -2.47. The van der Waals surface area contributed by atoms with Crippen molar-refractivity contribution >= 4 is 46.4 Å². The molecule has 434 valence electrons. The molecular weight excluding hydrogens is 1070 g/mol. The monoisotopic (exact) mass is 1160 g/mol. The third-order valence-corrected chi connectivity index (χ3v) is 19.5. The third-order valence-electron chi connectivity index (χ3n) is 17.4. The van der Waals surface area contributed by atoms with Gasteiger partial charge in [0.25, 0.3) is 0 Å². The minimum Gasteiger partial charge on any atom is -0.492 e. The van der Waals surface area contributed by atoms with Crippen LogP contribution in [0.15, 0.2) is 106 Å². The van der Waals surface area contributed by atoms with Gasteiger partial charge in [-0.15, -0.1) is 0 Å². The van der Waals surface area contributed by atoms with Crippen LogP contribution in [0.2, 0.25) is 10.0 Å². The first-order valence-electron chi connectivity index (χ1n) is 30.5. The molecule has 4 aromatic rings. The van der Waals surface area contributed by atoms with E-state index in [4.69, 9.17) is 60.6 Å². The second-order valence-corrected chi connectivity index (χ2v) is 24.7. The summed E-state index contributed by atoms with van der Waals surface area (Å²) in [6.07, 6.45) is 24.2. The molecule has 7 nitrogen and oxygen atoms in total. The number of nitrogens with zero attached hydrogens (tertiary/aromatic N) is 2. The number of hydrogen-bond acceptors (Lipinski definition) is 7. The summed E-state index contributed by atoms with van der Waals surface area (Å²) in [5.74, 6) is 1.52. The van der Waals surface area contributed by atoms with Crippen LogP contribution in [0, 0.1) is 13.8 Å². The molecule has 4 aliphatic carbocycles. The van der Waals surface area contributed by atoms with Crippen molar-refractivity contribution in [1.82, 2.24) is 9.80 Å². The van der Waals surface area contributed by atoms with E-state index in [1.165, 1.54) is 98.4 Å². The Hall–Kier alpha value is -2.92. The number of unbranched alkanes of at least 4 members (excludes halogenated alkanes) is 11. The van der Waals surface area contributed by atoms with Crippen molar-refractivity contribution in [2.24, 2.45) is 0 Å². The van der Waals surface area contributed by atoms with Crippen LogP contribution in [0.1, 0.15) is 195 Å². The van der Waals surface area contributed by atoms with E-state index in [1.54, 1.807) is 0 Å². The smallest absolute Gasteiger partial charge is 0.158 e. The summed E-state index contributed by atoms with van der Waals surface area (Å²) < 4.78 is 18.6. The molecule has 9 rings (SSSR count). The van der Waals surface area contributed by atoms with E-state index < -0.39 is 0 Å². The summed E-state index contributed by atoms with van der Waals surface area (Å²) in [5.41, 5.74) is 10.8. The summed E-state index contributed by atoms with van der Waals surface area (Å²) in [7, 11) is 0. The first-order valence-corrected chi connectivity index (χ1v) is 32.0. The molecule has 3 fully saturated rings. The largest absolute Gasteiger partial charge is 0.492 e. The van der Waals surface area contributed by atoms with E-state index in [9.17, 15) is 10.2 Å². The fourth-order valence-corrected chi connectivity index (χ4v) is 13.4. The van der Waals surface area contributed by atoms with Gasteiger partial charge >= 0.3 is 0 Å². The number of aliphatic hydroxyl groups is 2. The Morgan fingerprint density at radius 3 is 1.58 bits per heavy atom. The van der Waals surface area contributed by atoms with E-state index >= 15 is 0 Å². The minimum atomic E-state index is -0.338. The van der Waals surface area contributed by atoms with E-state index in [2.05, 4.69) is 109 Å². The second kappa shape index (κ2) is 33.4. The fourth-order valence-electron chi connectivity index (χ4n) is 12.4. The van der Waals surface area contributed by atoms with Crippen LogP contribution in [0.25, 0.3) is 11.1 Å². The predicted molar refractivity (Wildman–Crippen MR) is 332 cm³/mol. The van der Waals surface area contributed by atoms with Gasteiger partial charge in [0.2, 0.25) is 0 Å². The number of benzene rings is 4. The standard InChI is InChI=1S/C27H52O4.C25H28N2O.C16H14Cl4/c1-2-3-4-5-6-7-8-9-10-11-12-13-18-27(30-24-21-19-23(28)20-22-24)31-26-17-15-14-16-25(26)29;1-3-7-22(8-4-1)21-27-17-15-26(16-18-27)19-20-28-25-13-11-24(12-14-25)23-9-5-2-6-10-23;1-5-9-10(6(2)14(18)13(5)17)12-8(4)16(20)15(19)7(3)11(9)12/h23-29H,2-22H2,1H3;1-14H,15-21H2;9-10H,1-4H3. The van der Waals surface area contributed by atoms with Gasteiger partial charge in [-0.25, -0.2) is 0 Å². The molecule has 1 aliphatic heterocycles. The van der Waals surface area contributed by atoms with Crippen molar-refractivity contribution in [3.05, 3.63) is 144 Å². The molecule has 0 amide bonds. The first-order chi connectivity index (χ1) is 38.3. The van der Waals surface area contributed by atoms with Crippen LogP contribution in [0.3, 0.4) is 0 Å². The Kier molecular flexibility index (Phi) is 26.9. The number of allylic oxidation sites excluding steroid dienone is 4. The van der Waals surface area contributed by atoms with Crippen molar-refractivity contribution in [3.8, 4) is 16.9 Å². The van der Waals surface area contributed by atoms with Gasteiger partial charge < -0.3 is 24.4 Å². The van der Waals surface area contributed by atoms with Gasteiger partial charge in [0.1, 0.15) is 12.4 Å². The van der Waals surface area contributed by atoms with Gasteiger partial charge in [-0.05, 0) is 141 Å². The highest BCUT2D eigenvalue weighted by molar-refractivity contribution is 6.45. The van der Waals surface area contributed by atoms with Crippen molar-refractivity contribution in [2.45, 2.75) is 219 Å². The average molecular weight is 1160 g/mol. The molecule has 0 aromatic heterocycles. The SMILES string of the molecule is CC1=C(Cl)C(Cl)=C(C)C2c3c(C)c(Cl)c(Cl)c(C)c3C12.CCCCCCCCCCCCCCC(OC1CCC(O)CC1)OC1CCCCC1O.c1ccc(CN2CCN(CCOc3ccc(-c4ccccc4)cc3)CC2)cc1. The van der Waals surface area contributed by atoms with Crippen LogP contribution in [0.5, 0.6) is 5.75 Å². The highest BCUT2D eigenvalue weighted by Gasteiger charge is 2.47. The lowest BCUT2D eigenvalue weighted by Gasteiger charge is -2.47. The number of rotatable bonds is 24. The number of piperazine rings is 1. The lowest BCUT2D eigenvalue weighted by molar-refractivity contribution is -0.225. The van der Waals surface area contributed by atoms with E-state index in [0.717, 1.165) is 138 Å². The molecule has 1 saturated heterocycles. The second-order valence-electron chi connectivity index (χ2n) is 23.2. The topological polar surface area (TPSA) is 74.6 Å². The van der Waals surface area contributed by atoms with Crippen LogP contribution < -0.4 is 4.74 Å². The van der Waals surface area contributed by atoms with Crippen molar-refractivity contribution in [2.75, 3.05) is 39.3 Å². The molecule has 79 heavy (non-hydrogen) atoms. The summed E-state index contributed by atoms with van der Waals surface area (Å²) >= 11 is 25.4. The Morgan fingerprint density at radius 1 is 0.544 bits per heavy atom.